The second-order valence-electron chi connectivity index (χ2n) is 8.45. The van der Waals surface area contributed by atoms with Crippen LogP contribution in [0.25, 0.3) is 6.08 Å². The van der Waals surface area contributed by atoms with Crippen molar-refractivity contribution in [1.29, 1.82) is 0 Å². The third kappa shape index (κ3) is 5.72. The fourth-order valence-electron chi connectivity index (χ4n) is 3.80. The number of imide groups is 1. The lowest BCUT2D eigenvalue weighted by Gasteiger charge is -2.14. The molecule has 8 heteroatoms. The summed E-state index contributed by atoms with van der Waals surface area (Å²) in [5.74, 6) is -0.128. The molecule has 1 fully saturated rings. The Morgan fingerprint density at radius 1 is 1.00 bits per heavy atom. The first-order valence-electron chi connectivity index (χ1n) is 11.4. The van der Waals surface area contributed by atoms with Crippen LogP contribution in [0.3, 0.4) is 0 Å². The Labute approximate surface area is 209 Å². The number of benzene rings is 3. The van der Waals surface area contributed by atoms with Crippen molar-refractivity contribution in [3.05, 3.63) is 94.7 Å². The van der Waals surface area contributed by atoms with Crippen LogP contribution in [0.15, 0.2) is 72.4 Å². The minimum absolute atomic E-state index is 0.106. The first-order valence-corrected chi connectivity index (χ1v) is 11.4. The monoisotopic (exact) mass is 485 g/mol. The van der Waals surface area contributed by atoms with E-state index in [4.69, 9.17) is 9.47 Å². The van der Waals surface area contributed by atoms with E-state index in [0.29, 0.717) is 17.0 Å². The molecule has 3 aromatic rings. The predicted molar refractivity (Wildman–Crippen MR) is 137 cm³/mol. The summed E-state index contributed by atoms with van der Waals surface area (Å²) in [6, 6.07) is 19.7. The van der Waals surface area contributed by atoms with Crippen LogP contribution < -0.4 is 20.1 Å². The third-order valence-corrected chi connectivity index (χ3v) is 5.60. The summed E-state index contributed by atoms with van der Waals surface area (Å²) in [7, 11) is 1.48. The third-order valence-electron chi connectivity index (χ3n) is 5.60. The van der Waals surface area contributed by atoms with Gasteiger partial charge < -0.3 is 20.1 Å². The normalized spacial score (nSPS) is 14.1. The van der Waals surface area contributed by atoms with Crippen molar-refractivity contribution in [3.63, 3.8) is 0 Å². The number of nitrogens with zero attached hydrogens (tertiary/aromatic N) is 1. The Morgan fingerprint density at radius 3 is 2.47 bits per heavy atom. The SMILES string of the molecule is COc1cccc(/C=C2/NC(=O)N(Cc3cccc(C)c3)C2=O)c1OCC(=O)Nc1ccc(C)cc1. The zero-order valence-electron chi connectivity index (χ0n) is 20.3. The molecule has 184 valence electrons. The molecule has 36 heavy (non-hydrogen) atoms. The van der Waals surface area contributed by atoms with Crippen molar-refractivity contribution < 1.29 is 23.9 Å². The maximum absolute atomic E-state index is 13.0. The summed E-state index contributed by atoms with van der Waals surface area (Å²) in [6.45, 7) is 3.80. The molecule has 0 aliphatic carbocycles. The first kappa shape index (κ1) is 24.5. The molecule has 0 aromatic heterocycles. The van der Waals surface area contributed by atoms with Crippen LogP contribution in [0.4, 0.5) is 10.5 Å². The van der Waals surface area contributed by atoms with Crippen LogP contribution in [0.1, 0.15) is 22.3 Å². The topological polar surface area (TPSA) is 97.0 Å². The zero-order valence-corrected chi connectivity index (χ0v) is 20.3. The van der Waals surface area contributed by atoms with E-state index in [1.54, 1.807) is 18.2 Å². The van der Waals surface area contributed by atoms with Gasteiger partial charge in [-0.25, -0.2) is 4.79 Å². The molecular formula is C28H27N3O5. The summed E-state index contributed by atoms with van der Waals surface area (Å²) in [4.78, 5) is 39.1. The van der Waals surface area contributed by atoms with Gasteiger partial charge in [0.05, 0.1) is 13.7 Å². The van der Waals surface area contributed by atoms with Crippen molar-refractivity contribution >= 4 is 29.6 Å². The van der Waals surface area contributed by atoms with Gasteiger partial charge in [-0.2, -0.15) is 0 Å². The molecule has 1 heterocycles. The van der Waals surface area contributed by atoms with E-state index in [2.05, 4.69) is 10.6 Å². The smallest absolute Gasteiger partial charge is 0.329 e. The molecule has 8 nitrogen and oxygen atoms in total. The number of rotatable bonds is 8. The summed E-state index contributed by atoms with van der Waals surface area (Å²) < 4.78 is 11.2. The Bertz CT molecular complexity index is 1330. The lowest BCUT2D eigenvalue weighted by molar-refractivity contribution is -0.123. The number of hydrogen-bond acceptors (Lipinski definition) is 5. The molecule has 1 saturated heterocycles. The van der Waals surface area contributed by atoms with E-state index in [0.717, 1.165) is 21.6 Å². The van der Waals surface area contributed by atoms with E-state index in [1.165, 1.54) is 13.2 Å². The molecule has 0 spiro atoms. The zero-order chi connectivity index (χ0) is 25.7. The molecule has 0 radical (unpaired) electrons. The van der Waals surface area contributed by atoms with Crippen LogP contribution in [-0.4, -0.2) is 36.5 Å². The maximum atomic E-state index is 13.0. The average Bonchev–Trinajstić information content (AvgIpc) is 3.11. The molecule has 0 atom stereocenters. The molecule has 1 aliphatic rings. The molecule has 0 saturated carbocycles. The Balaban J connectivity index is 1.51. The maximum Gasteiger partial charge on any atom is 0.329 e. The van der Waals surface area contributed by atoms with Gasteiger partial charge in [-0.1, -0.05) is 59.7 Å². The Morgan fingerprint density at radius 2 is 1.75 bits per heavy atom. The second kappa shape index (κ2) is 10.8. The van der Waals surface area contributed by atoms with Gasteiger partial charge in [0.1, 0.15) is 5.70 Å². The van der Waals surface area contributed by atoms with Crippen molar-refractivity contribution in [3.8, 4) is 11.5 Å². The Kier molecular flexibility index (Phi) is 7.34. The predicted octanol–water partition coefficient (Wildman–Crippen LogP) is 4.42. The molecule has 3 aromatic carbocycles. The quantitative estimate of drug-likeness (QED) is 0.364. The Hall–Kier alpha value is -4.59. The summed E-state index contributed by atoms with van der Waals surface area (Å²) in [5.41, 5.74) is 4.23. The van der Waals surface area contributed by atoms with Crippen LogP contribution in [0, 0.1) is 13.8 Å². The van der Waals surface area contributed by atoms with Crippen LogP contribution in [-0.2, 0) is 16.1 Å². The van der Waals surface area contributed by atoms with E-state index in [1.807, 2.05) is 62.4 Å². The van der Waals surface area contributed by atoms with Crippen molar-refractivity contribution in [2.75, 3.05) is 19.0 Å². The van der Waals surface area contributed by atoms with E-state index < -0.39 is 11.9 Å². The van der Waals surface area contributed by atoms with E-state index in [9.17, 15) is 14.4 Å². The van der Waals surface area contributed by atoms with Gasteiger partial charge in [0.15, 0.2) is 18.1 Å². The number of methoxy groups -OCH3 is 1. The number of nitrogens with one attached hydrogen (secondary N) is 2. The van der Waals surface area contributed by atoms with Crippen molar-refractivity contribution in [1.82, 2.24) is 10.2 Å². The minimum Gasteiger partial charge on any atom is -0.493 e. The number of carbonyl (C=O) groups excluding carboxylic acids is 3. The fraction of sp³-hybridized carbons (Fsp3) is 0.179. The number of aryl methyl sites for hydroxylation is 2. The van der Waals surface area contributed by atoms with Gasteiger partial charge in [0.25, 0.3) is 11.8 Å². The molecule has 0 bridgehead atoms. The summed E-state index contributed by atoms with van der Waals surface area (Å²) >= 11 is 0. The lowest BCUT2D eigenvalue weighted by Crippen LogP contribution is -2.30. The van der Waals surface area contributed by atoms with Crippen LogP contribution in [0.5, 0.6) is 11.5 Å². The molecule has 0 unspecified atom stereocenters. The summed E-state index contributed by atoms with van der Waals surface area (Å²) in [6.07, 6.45) is 1.52. The largest absolute Gasteiger partial charge is 0.493 e. The molecule has 1 aliphatic heterocycles. The van der Waals surface area contributed by atoms with E-state index >= 15 is 0 Å². The number of anilines is 1. The first-order chi connectivity index (χ1) is 17.3. The van der Waals surface area contributed by atoms with E-state index in [-0.39, 0.29) is 30.5 Å². The van der Waals surface area contributed by atoms with Crippen LogP contribution in [0.2, 0.25) is 0 Å². The van der Waals surface area contributed by atoms with Gasteiger partial charge in [0, 0.05) is 11.3 Å². The number of carbonyl (C=O) groups is 3. The highest BCUT2D eigenvalue weighted by Gasteiger charge is 2.33. The van der Waals surface area contributed by atoms with Gasteiger partial charge in [-0.15, -0.1) is 0 Å². The highest BCUT2D eigenvalue weighted by Crippen LogP contribution is 2.33. The highest BCUT2D eigenvalue weighted by molar-refractivity contribution is 6.14. The number of hydrogen-bond donors (Lipinski definition) is 2. The second-order valence-corrected chi connectivity index (χ2v) is 8.45. The number of amides is 4. The standard InChI is InChI=1S/C28H27N3O5/c1-18-10-12-22(13-11-18)29-25(32)17-36-26-21(8-5-9-24(26)35-3)15-23-27(33)31(28(34)30-23)16-20-7-4-6-19(2)14-20/h4-15H,16-17H2,1-3H3,(H,29,32)(H,30,34)/b23-15+. The van der Waals surface area contributed by atoms with Gasteiger partial charge >= 0.3 is 6.03 Å². The number of para-hydroxylation sites is 1. The number of urea groups is 1. The highest BCUT2D eigenvalue weighted by atomic mass is 16.5. The van der Waals surface area contributed by atoms with Crippen LogP contribution >= 0.6 is 0 Å². The molecular weight excluding hydrogens is 458 g/mol. The van der Waals surface area contributed by atoms with Gasteiger partial charge in [-0.05, 0) is 43.7 Å². The fourth-order valence-corrected chi connectivity index (χ4v) is 3.80. The van der Waals surface area contributed by atoms with Gasteiger partial charge in [0.2, 0.25) is 0 Å². The van der Waals surface area contributed by atoms with Gasteiger partial charge in [-0.3, -0.25) is 14.5 Å². The summed E-state index contributed by atoms with van der Waals surface area (Å²) in [5, 5.41) is 5.40. The van der Waals surface area contributed by atoms with Crippen molar-refractivity contribution in [2.24, 2.45) is 0 Å². The number of ether oxygens (including phenoxy) is 2. The molecule has 4 rings (SSSR count). The lowest BCUT2D eigenvalue weighted by atomic mass is 10.1. The average molecular weight is 486 g/mol. The molecule has 2 N–H and O–H groups in total. The minimum atomic E-state index is -0.504. The van der Waals surface area contributed by atoms with Crippen molar-refractivity contribution in [2.45, 2.75) is 20.4 Å². The molecule has 4 amide bonds.